The summed E-state index contributed by atoms with van der Waals surface area (Å²) in [4.78, 5) is 59.1. The van der Waals surface area contributed by atoms with Crippen molar-refractivity contribution in [2.24, 2.45) is 17.8 Å². The Kier molecular flexibility index (Phi) is 6.39. The van der Waals surface area contributed by atoms with E-state index in [1.165, 1.54) is 11.0 Å². The zero-order valence-corrected chi connectivity index (χ0v) is 24.9. The monoisotopic (exact) mass is 600 g/mol. The molecule has 0 spiro atoms. The quantitative estimate of drug-likeness (QED) is 0.256. The van der Waals surface area contributed by atoms with Crippen molar-refractivity contribution < 1.29 is 29.0 Å². The molecule has 3 aliphatic carbocycles. The molecule has 2 heterocycles. The number of morpholine rings is 1. The number of ether oxygens (including phenoxy) is 1. The molecule has 3 aromatic carbocycles. The minimum Gasteiger partial charge on any atom is -0.508 e. The van der Waals surface area contributed by atoms with Crippen molar-refractivity contribution in [2.45, 2.75) is 25.7 Å². The SMILES string of the molecule is CC1=CC(=O)C2=C(C1=O)C(c1c(O)ccc3ccccc13)C1=CCC3C(=O)N(c4ccc(N5CCOCC5)cc4)C(=O)C3C1C2. The Hall–Kier alpha value is -4.82. The van der Waals surface area contributed by atoms with Gasteiger partial charge in [0, 0.05) is 47.0 Å². The van der Waals surface area contributed by atoms with E-state index >= 15 is 0 Å². The fourth-order valence-corrected chi connectivity index (χ4v) is 8.17. The van der Waals surface area contributed by atoms with E-state index in [0.717, 1.165) is 35.1 Å². The molecule has 0 aromatic heterocycles. The van der Waals surface area contributed by atoms with Gasteiger partial charge in [-0.1, -0.05) is 42.0 Å². The molecule has 3 aromatic rings. The number of carbonyl (C=O) groups excluding carboxylic acids is 4. The van der Waals surface area contributed by atoms with Crippen molar-refractivity contribution in [1.29, 1.82) is 0 Å². The van der Waals surface area contributed by atoms with Gasteiger partial charge in [0.25, 0.3) is 0 Å². The van der Waals surface area contributed by atoms with Crippen LogP contribution in [0.3, 0.4) is 0 Å². The van der Waals surface area contributed by atoms with Gasteiger partial charge in [-0.3, -0.25) is 24.1 Å². The van der Waals surface area contributed by atoms with Crippen molar-refractivity contribution in [3.63, 3.8) is 0 Å². The summed E-state index contributed by atoms with van der Waals surface area (Å²) in [5.41, 5.74) is 4.02. The summed E-state index contributed by atoms with van der Waals surface area (Å²) in [5.74, 6) is -3.41. The Balaban J connectivity index is 1.22. The molecule has 5 aliphatic rings. The molecule has 2 aliphatic heterocycles. The summed E-state index contributed by atoms with van der Waals surface area (Å²) in [5, 5.41) is 13.0. The van der Waals surface area contributed by atoms with E-state index in [9.17, 15) is 24.3 Å². The smallest absolute Gasteiger partial charge is 0.238 e. The summed E-state index contributed by atoms with van der Waals surface area (Å²) in [7, 11) is 0. The number of benzene rings is 3. The normalized spacial score (nSPS) is 26.5. The number of anilines is 2. The molecule has 226 valence electrons. The van der Waals surface area contributed by atoms with Crippen LogP contribution in [0.5, 0.6) is 5.75 Å². The summed E-state index contributed by atoms with van der Waals surface area (Å²) in [6, 6.07) is 18.6. The maximum Gasteiger partial charge on any atom is 0.238 e. The maximum absolute atomic E-state index is 14.3. The summed E-state index contributed by atoms with van der Waals surface area (Å²) < 4.78 is 5.46. The minimum atomic E-state index is -0.712. The second-order valence-electron chi connectivity index (χ2n) is 12.6. The lowest BCUT2D eigenvalue weighted by atomic mass is 9.59. The zero-order chi connectivity index (χ0) is 31.0. The van der Waals surface area contributed by atoms with Gasteiger partial charge in [-0.2, -0.15) is 0 Å². The fraction of sp³-hybridized carbons (Fsp3) is 0.297. The van der Waals surface area contributed by atoms with E-state index < -0.39 is 23.7 Å². The molecule has 45 heavy (non-hydrogen) atoms. The lowest BCUT2D eigenvalue weighted by Crippen LogP contribution is -2.40. The van der Waals surface area contributed by atoms with Crippen molar-refractivity contribution in [3.05, 3.63) is 101 Å². The van der Waals surface area contributed by atoms with Gasteiger partial charge >= 0.3 is 0 Å². The third kappa shape index (κ3) is 4.15. The number of aromatic hydroxyl groups is 1. The molecular weight excluding hydrogens is 568 g/mol. The molecule has 0 saturated carbocycles. The highest BCUT2D eigenvalue weighted by Crippen LogP contribution is 2.57. The van der Waals surface area contributed by atoms with Gasteiger partial charge in [0.2, 0.25) is 11.8 Å². The van der Waals surface area contributed by atoms with E-state index in [1.807, 2.05) is 60.7 Å². The van der Waals surface area contributed by atoms with E-state index in [2.05, 4.69) is 4.90 Å². The summed E-state index contributed by atoms with van der Waals surface area (Å²) in [6.45, 7) is 4.52. The standard InChI is InChI=1S/C37H32N2O6/c1-20-18-30(41)28-19-27-25(33(34(28)35(20)42)32-24-5-3-2-4-21(24)6-13-29(32)40)11-12-26-31(27)37(44)39(36(26)43)23-9-7-22(8-10-23)38-14-16-45-17-15-38/h2-11,13,18,26-27,31,33,40H,12,14-17,19H2,1H3. The van der Waals surface area contributed by atoms with Crippen LogP contribution in [-0.2, 0) is 23.9 Å². The number of nitrogens with zero attached hydrogens (tertiary/aromatic N) is 2. The van der Waals surface area contributed by atoms with Gasteiger partial charge in [-0.05, 0) is 72.9 Å². The average Bonchev–Trinajstić information content (AvgIpc) is 3.32. The zero-order valence-electron chi connectivity index (χ0n) is 24.9. The van der Waals surface area contributed by atoms with Gasteiger partial charge in [0.05, 0.1) is 30.7 Å². The second-order valence-corrected chi connectivity index (χ2v) is 12.6. The largest absolute Gasteiger partial charge is 0.508 e. The second kappa shape index (κ2) is 10.4. The Morgan fingerprint density at radius 2 is 1.58 bits per heavy atom. The maximum atomic E-state index is 14.3. The number of rotatable bonds is 3. The van der Waals surface area contributed by atoms with E-state index in [4.69, 9.17) is 4.74 Å². The molecule has 0 radical (unpaired) electrons. The van der Waals surface area contributed by atoms with Crippen LogP contribution in [0.25, 0.3) is 10.8 Å². The molecule has 1 N–H and O–H groups in total. The highest BCUT2D eigenvalue weighted by molar-refractivity contribution is 6.25. The number of allylic oxidation sites excluding steroid dienone is 6. The number of imide groups is 1. The first-order valence-electron chi connectivity index (χ1n) is 15.5. The van der Waals surface area contributed by atoms with Gasteiger partial charge < -0.3 is 14.7 Å². The van der Waals surface area contributed by atoms with Crippen molar-refractivity contribution in [3.8, 4) is 5.75 Å². The van der Waals surface area contributed by atoms with Crippen LogP contribution >= 0.6 is 0 Å². The Bertz CT molecular complexity index is 1910. The third-order valence-corrected chi connectivity index (χ3v) is 10.3. The first-order valence-corrected chi connectivity index (χ1v) is 15.5. The first-order chi connectivity index (χ1) is 21.8. The van der Waals surface area contributed by atoms with E-state index in [1.54, 1.807) is 13.0 Å². The van der Waals surface area contributed by atoms with Crippen molar-refractivity contribution in [2.75, 3.05) is 36.1 Å². The van der Waals surface area contributed by atoms with Crippen molar-refractivity contribution >= 4 is 45.5 Å². The Morgan fingerprint density at radius 1 is 0.844 bits per heavy atom. The van der Waals surface area contributed by atoms with Crippen LogP contribution in [-0.4, -0.2) is 54.8 Å². The number of fused-ring (bicyclic) bond motifs is 4. The summed E-state index contributed by atoms with van der Waals surface area (Å²) in [6.07, 6.45) is 3.90. The number of phenols is 1. The summed E-state index contributed by atoms with van der Waals surface area (Å²) >= 11 is 0. The number of amides is 2. The highest BCUT2D eigenvalue weighted by Gasteiger charge is 2.57. The van der Waals surface area contributed by atoms with Gasteiger partial charge in [0.1, 0.15) is 5.75 Å². The Labute approximate surface area is 260 Å². The van der Waals surface area contributed by atoms with Crippen LogP contribution in [0.4, 0.5) is 11.4 Å². The molecule has 4 atom stereocenters. The number of carbonyl (C=O) groups is 4. The molecule has 4 unspecified atom stereocenters. The van der Waals surface area contributed by atoms with Crippen LogP contribution in [0, 0.1) is 17.8 Å². The van der Waals surface area contributed by atoms with Crippen LogP contribution in [0.15, 0.2) is 95.1 Å². The van der Waals surface area contributed by atoms with Crippen molar-refractivity contribution in [1.82, 2.24) is 0 Å². The predicted molar refractivity (Wildman–Crippen MR) is 169 cm³/mol. The topological polar surface area (TPSA) is 104 Å². The Morgan fingerprint density at radius 3 is 2.36 bits per heavy atom. The fourth-order valence-electron chi connectivity index (χ4n) is 8.17. The number of hydrogen-bond donors (Lipinski definition) is 1. The molecule has 2 saturated heterocycles. The molecule has 8 nitrogen and oxygen atoms in total. The minimum absolute atomic E-state index is 0.0255. The first kappa shape index (κ1) is 27.7. The molecule has 2 amide bonds. The number of ketones is 2. The van der Waals surface area contributed by atoms with Gasteiger partial charge in [-0.25, -0.2) is 0 Å². The van der Waals surface area contributed by atoms with Crippen LogP contribution < -0.4 is 9.80 Å². The molecule has 8 rings (SSSR count). The highest BCUT2D eigenvalue weighted by atomic mass is 16.5. The van der Waals surface area contributed by atoms with E-state index in [0.29, 0.717) is 47.6 Å². The average molecular weight is 601 g/mol. The number of hydrogen-bond acceptors (Lipinski definition) is 7. The molecule has 0 bridgehead atoms. The lowest BCUT2D eigenvalue weighted by molar-refractivity contribution is -0.123. The number of phenolic OH excluding ortho intramolecular Hbond substituents is 1. The van der Waals surface area contributed by atoms with Gasteiger partial charge in [-0.15, -0.1) is 0 Å². The molecule has 8 heteroatoms. The molecule has 2 fully saturated rings. The predicted octanol–water partition coefficient (Wildman–Crippen LogP) is 5.02. The van der Waals surface area contributed by atoms with Crippen LogP contribution in [0.2, 0.25) is 0 Å². The van der Waals surface area contributed by atoms with Gasteiger partial charge in [0.15, 0.2) is 11.6 Å². The third-order valence-electron chi connectivity index (χ3n) is 10.3. The molecular formula is C37H32N2O6. The number of Topliss-reactive ketones (excluding diaryl/α,β-unsaturated/α-hetero) is 1. The lowest BCUT2D eigenvalue weighted by Gasteiger charge is -2.42. The van der Waals surface area contributed by atoms with E-state index in [-0.39, 0.29) is 35.6 Å². The van der Waals surface area contributed by atoms with Crippen LogP contribution in [0.1, 0.15) is 31.2 Å².